The molecule has 22 heavy (non-hydrogen) atoms. The normalized spacial score (nSPS) is 36.6. The van der Waals surface area contributed by atoms with Crippen molar-refractivity contribution in [2.75, 3.05) is 0 Å². The molecule has 0 spiro atoms. The van der Waals surface area contributed by atoms with Gasteiger partial charge in [0.05, 0.1) is 5.60 Å². The molecule has 2 bridgehead atoms. The summed E-state index contributed by atoms with van der Waals surface area (Å²) in [5.41, 5.74) is 1.06. The standard InChI is InChI=1S/C20H29NO/c22-20(17-9-5-2-6-10-17)13-18-11-12-19(14-20)21(18)15-16-7-3-1-4-8-16/h1,3-4,7-8,17-19,22H,2,5-6,9-15H2. The van der Waals surface area contributed by atoms with Gasteiger partial charge in [0.1, 0.15) is 0 Å². The van der Waals surface area contributed by atoms with Crippen molar-refractivity contribution in [2.24, 2.45) is 5.92 Å². The molecule has 2 atom stereocenters. The van der Waals surface area contributed by atoms with Crippen LogP contribution in [0.25, 0.3) is 0 Å². The zero-order chi connectivity index (χ0) is 15.0. The Kier molecular flexibility index (Phi) is 4.00. The number of nitrogens with zero attached hydrogens (tertiary/aromatic N) is 1. The Bertz CT molecular complexity index is 480. The molecule has 1 N–H and O–H groups in total. The summed E-state index contributed by atoms with van der Waals surface area (Å²) in [6, 6.07) is 12.1. The van der Waals surface area contributed by atoms with Crippen LogP contribution in [-0.2, 0) is 6.54 Å². The van der Waals surface area contributed by atoms with Gasteiger partial charge in [-0.15, -0.1) is 0 Å². The number of aliphatic hydroxyl groups is 1. The highest BCUT2D eigenvalue weighted by molar-refractivity contribution is 5.16. The minimum absolute atomic E-state index is 0.362. The van der Waals surface area contributed by atoms with E-state index in [-0.39, 0.29) is 5.60 Å². The molecule has 0 aromatic heterocycles. The summed E-state index contributed by atoms with van der Waals surface area (Å²) in [7, 11) is 0. The van der Waals surface area contributed by atoms with Gasteiger partial charge in [-0.25, -0.2) is 0 Å². The average Bonchev–Trinajstić information content (AvgIpc) is 2.81. The Morgan fingerprint density at radius 3 is 2.18 bits per heavy atom. The molecular formula is C20H29NO. The third kappa shape index (κ3) is 2.72. The number of benzene rings is 1. The number of hydrogen-bond donors (Lipinski definition) is 1. The van der Waals surface area contributed by atoms with Crippen molar-refractivity contribution >= 4 is 0 Å². The smallest absolute Gasteiger partial charge is 0.0705 e. The van der Waals surface area contributed by atoms with Crippen molar-refractivity contribution in [1.29, 1.82) is 0 Å². The fourth-order valence-corrected chi connectivity index (χ4v) is 5.38. The second kappa shape index (κ2) is 5.98. The summed E-state index contributed by atoms with van der Waals surface area (Å²) < 4.78 is 0. The summed E-state index contributed by atoms with van der Waals surface area (Å²) in [5.74, 6) is 0.572. The Hall–Kier alpha value is -0.860. The molecule has 2 heterocycles. The summed E-state index contributed by atoms with van der Waals surface area (Å²) in [5, 5.41) is 11.3. The highest BCUT2D eigenvalue weighted by atomic mass is 16.3. The van der Waals surface area contributed by atoms with E-state index in [0.717, 1.165) is 19.4 Å². The van der Waals surface area contributed by atoms with E-state index in [1.54, 1.807) is 0 Å². The molecule has 2 nitrogen and oxygen atoms in total. The van der Waals surface area contributed by atoms with Crippen LogP contribution in [0.2, 0.25) is 0 Å². The van der Waals surface area contributed by atoms with Gasteiger partial charge in [0, 0.05) is 18.6 Å². The highest BCUT2D eigenvalue weighted by Gasteiger charge is 2.50. The third-order valence-electron chi connectivity index (χ3n) is 6.52. The molecule has 2 saturated heterocycles. The maximum Gasteiger partial charge on any atom is 0.0705 e. The molecule has 2 aliphatic heterocycles. The molecule has 2 unspecified atom stereocenters. The molecule has 3 aliphatic rings. The first-order chi connectivity index (χ1) is 10.7. The van der Waals surface area contributed by atoms with Gasteiger partial charge in [0.2, 0.25) is 0 Å². The molecule has 4 rings (SSSR count). The fraction of sp³-hybridized carbons (Fsp3) is 0.700. The molecule has 3 fully saturated rings. The second-order valence-electron chi connectivity index (χ2n) is 7.89. The SMILES string of the molecule is OC1(C2CCCCC2)CC2CCC(C1)N2Cc1ccccc1. The van der Waals surface area contributed by atoms with E-state index >= 15 is 0 Å². The summed E-state index contributed by atoms with van der Waals surface area (Å²) in [6.45, 7) is 1.07. The van der Waals surface area contributed by atoms with E-state index in [1.165, 1.54) is 50.5 Å². The first kappa shape index (κ1) is 14.7. The van der Waals surface area contributed by atoms with Gasteiger partial charge in [-0.2, -0.15) is 0 Å². The van der Waals surface area contributed by atoms with E-state index in [0.29, 0.717) is 18.0 Å². The Labute approximate surface area is 134 Å². The van der Waals surface area contributed by atoms with Crippen LogP contribution in [0.4, 0.5) is 0 Å². The summed E-state index contributed by atoms with van der Waals surface area (Å²) >= 11 is 0. The van der Waals surface area contributed by atoms with Crippen molar-refractivity contribution in [1.82, 2.24) is 4.90 Å². The lowest BCUT2D eigenvalue weighted by Gasteiger charge is -2.48. The molecule has 1 saturated carbocycles. The van der Waals surface area contributed by atoms with Gasteiger partial charge in [0.15, 0.2) is 0 Å². The van der Waals surface area contributed by atoms with Crippen LogP contribution < -0.4 is 0 Å². The fourth-order valence-electron chi connectivity index (χ4n) is 5.38. The van der Waals surface area contributed by atoms with E-state index in [1.807, 2.05) is 0 Å². The molecular weight excluding hydrogens is 270 g/mol. The second-order valence-corrected chi connectivity index (χ2v) is 7.89. The van der Waals surface area contributed by atoms with Crippen LogP contribution in [0, 0.1) is 5.92 Å². The van der Waals surface area contributed by atoms with Gasteiger partial charge in [-0.3, -0.25) is 4.90 Å². The molecule has 1 aromatic rings. The Morgan fingerprint density at radius 2 is 1.55 bits per heavy atom. The average molecular weight is 299 g/mol. The van der Waals surface area contributed by atoms with E-state index in [2.05, 4.69) is 35.2 Å². The van der Waals surface area contributed by atoms with Crippen molar-refractivity contribution < 1.29 is 5.11 Å². The van der Waals surface area contributed by atoms with Crippen LogP contribution >= 0.6 is 0 Å². The van der Waals surface area contributed by atoms with Crippen LogP contribution in [-0.4, -0.2) is 27.7 Å². The Morgan fingerprint density at radius 1 is 0.909 bits per heavy atom. The van der Waals surface area contributed by atoms with E-state index < -0.39 is 0 Å². The maximum absolute atomic E-state index is 11.3. The predicted octanol–water partition coefficient (Wildman–Crippen LogP) is 4.12. The van der Waals surface area contributed by atoms with Gasteiger partial charge in [-0.1, -0.05) is 49.6 Å². The van der Waals surface area contributed by atoms with Gasteiger partial charge >= 0.3 is 0 Å². The topological polar surface area (TPSA) is 23.5 Å². The van der Waals surface area contributed by atoms with E-state index in [4.69, 9.17) is 0 Å². The van der Waals surface area contributed by atoms with Crippen LogP contribution in [0.3, 0.4) is 0 Å². The number of rotatable bonds is 3. The molecule has 1 aromatic carbocycles. The van der Waals surface area contributed by atoms with E-state index in [9.17, 15) is 5.11 Å². The quantitative estimate of drug-likeness (QED) is 0.907. The highest BCUT2D eigenvalue weighted by Crippen LogP contribution is 2.47. The van der Waals surface area contributed by atoms with Crippen molar-refractivity contribution in [2.45, 2.75) is 82.0 Å². The first-order valence-corrected chi connectivity index (χ1v) is 9.27. The lowest BCUT2D eigenvalue weighted by atomic mass is 9.70. The number of piperidine rings is 1. The van der Waals surface area contributed by atoms with Gasteiger partial charge in [-0.05, 0) is 50.0 Å². The molecule has 2 heteroatoms. The first-order valence-electron chi connectivity index (χ1n) is 9.27. The molecule has 1 aliphatic carbocycles. The van der Waals surface area contributed by atoms with Crippen LogP contribution in [0.5, 0.6) is 0 Å². The maximum atomic E-state index is 11.3. The predicted molar refractivity (Wildman–Crippen MR) is 89.6 cm³/mol. The Balaban J connectivity index is 1.47. The van der Waals surface area contributed by atoms with Crippen molar-refractivity contribution in [3.8, 4) is 0 Å². The van der Waals surface area contributed by atoms with Crippen molar-refractivity contribution in [3.63, 3.8) is 0 Å². The molecule has 0 amide bonds. The minimum atomic E-state index is -0.362. The molecule has 120 valence electrons. The lowest BCUT2D eigenvalue weighted by Crippen LogP contribution is -2.54. The lowest BCUT2D eigenvalue weighted by molar-refractivity contribution is -0.102. The number of fused-ring (bicyclic) bond motifs is 2. The summed E-state index contributed by atoms with van der Waals surface area (Å²) in [6.07, 6.45) is 11.1. The monoisotopic (exact) mass is 299 g/mol. The third-order valence-corrected chi connectivity index (χ3v) is 6.52. The molecule has 0 radical (unpaired) electrons. The zero-order valence-corrected chi connectivity index (χ0v) is 13.6. The zero-order valence-electron chi connectivity index (χ0n) is 13.6. The van der Waals surface area contributed by atoms with Crippen LogP contribution in [0.1, 0.15) is 63.4 Å². The van der Waals surface area contributed by atoms with Crippen LogP contribution in [0.15, 0.2) is 30.3 Å². The minimum Gasteiger partial charge on any atom is -0.389 e. The largest absolute Gasteiger partial charge is 0.389 e. The van der Waals surface area contributed by atoms with Crippen molar-refractivity contribution in [3.05, 3.63) is 35.9 Å². The number of hydrogen-bond acceptors (Lipinski definition) is 2. The summed E-state index contributed by atoms with van der Waals surface area (Å²) in [4.78, 5) is 2.69. The van der Waals surface area contributed by atoms with Gasteiger partial charge in [0.25, 0.3) is 0 Å². The van der Waals surface area contributed by atoms with Gasteiger partial charge < -0.3 is 5.11 Å².